The number of carbonyl (C=O) groups is 1. The number of rotatable bonds is 2. The Hall–Kier alpha value is -1.49. The maximum absolute atomic E-state index is 12.5. The van der Waals surface area contributed by atoms with Crippen molar-refractivity contribution in [1.82, 2.24) is 0 Å². The van der Waals surface area contributed by atoms with Crippen molar-refractivity contribution in [3.63, 3.8) is 0 Å². The van der Waals surface area contributed by atoms with Gasteiger partial charge >= 0.3 is 12.1 Å². The second-order valence-electron chi connectivity index (χ2n) is 2.90. The number of allylic oxidation sites excluding steroid dienone is 1. The van der Waals surface area contributed by atoms with Crippen LogP contribution in [0, 0.1) is 0 Å². The van der Waals surface area contributed by atoms with Crippen molar-refractivity contribution in [3.8, 4) is 0 Å². The fraction of sp³-hybridized carbons (Fsp3) is 0.100. The van der Waals surface area contributed by atoms with E-state index in [-0.39, 0.29) is 16.7 Å². The van der Waals surface area contributed by atoms with Gasteiger partial charge in [-0.05, 0) is 17.7 Å². The van der Waals surface area contributed by atoms with Crippen molar-refractivity contribution in [1.29, 1.82) is 0 Å². The Morgan fingerprint density at radius 1 is 1.38 bits per heavy atom. The minimum absolute atomic E-state index is 0.109. The van der Waals surface area contributed by atoms with Crippen LogP contribution in [0.2, 0.25) is 5.02 Å². The summed E-state index contributed by atoms with van der Waals surface area (Å²) >= 11 is 5.53. The number of halogens is 4. The van der Waals surface area contributed by atoms with Crippen LogP contribution in [0.4, 0.5) is 13.2 Å². The maximum Gasteiger partial charge on any atom is 0.417 e. The van der Waals surface area contributed by atoms with Crippen LogP contribution in [-0.4, -0.2) is 17.3 Å². The van der Waals surface area contributed by atoms with Gasteiger partial charge in [0.25, 0.3) is 0 Å². The van der Waals surface area contributed by atoms with Gasteiger partial charge in [-0.15, -0.1) is 0 Å². The number of hydrogen-bond donors (Lipinski definition) is 1. The number of carboxylic acid groups (broad SMARTS) is 1. The lowest BCUT2D eigenvalue weighted by Gasteiger charge is -2.11. The van der Waals surface area contributed by atoms with Crippen molar-refractivity contribution in [2.24, 2.45) is 0 Å². The molecule has 6 heteroatoms. The van der Waals surface area contributed by atoms with Crippen molar-refractivity contribution in [3.05, 3.63) is 40.9 Å². The van der Waals surface area contributed by atoms with Gasteiger partial charge in [0.05, 0.1) is 5.57 Å². The minimum atomic E-state index is -4.73. The van der Waals surface area contributed by atoms with Crippen molar-refractivity contribution in [2.75, 3.05) is 0 Å². The smallest absolute Gasteiger partial charge is 0.417 e. The van der Waals surface area contributed by atoms with Gasteiger partial charge in [0, 0.05) is 11.1 Å². The molecule has 0 amide bonds. The molecule has 16 heavy (non-hydrogen) atoms. The number of aliphatic carboxylic acids is 1. The van der Waals surface area contributed by atoms with Crippen LogP contribution in [0.1, 0.15) is 5.56 Å². The lowest BCUT2D eigenvalue weighted by molar-refractivity contribution is -0.131. The summed E-state index contributed by atoms with van der Waals surface area (Å²) in [6.07, 6.45) is -4.62. The summed E-state index contributed by atoms with van der Waals surface area (Å²) in [7, 11) is 0. The van der Waals surface area contributed by atoms with Crippen molar-refractivity contribution >= 4 is 23.1 Å². The number of benzene rings is 1. The van der Waals surface area contributed by atoms with E-state index in [2.05, 4.69) is 0 Å². The van der Waals surface area contributed by atoms with Gasteiger partial charge in [-0.2, -0.15) is 13.2 Å². The van der Waals surface area contributed by atoms with Crippen LogP contribution in [0.15, 0.2) is 30.3 Å². The third-order valence-corrected chi connectivity index (χ3v) is 1.94. The van der Waals surface area contributed by atoms with Crippen LogP contribution in [-0.2, 0) is 4.79 Å². The lowest BCUT2D eigenvalue weighted by atomic mass is 10.1. The van der Waals surface area contributed by atoms with Gasteiger partial charge in [0.1, 0.15) is 0 Å². The number of carboxylic acids is 1. The molecular formula is C10H6ClF3O2. The zero-order valence-electron chi connectivity index (χ0n) is 7.75. The summed E-state index contributed by atoms with van der Waals surface area (Å²) in [5.74, 6) is -1.66. The van der Waals surface area contributed by atoms with E-state index in [0.29, 0.717) is 0 Å². The Balaban J connectivity index is 3.28. The Morgan fingerprint density at radius 3 is 2.44 bits per heavy atom. The van der Waals surface area contributed by atoms with Crippen LogP contribution < -0.4 is 0 Å². The highest BCUT2D eigenvalue weighted by Gasteiger charge is 2.35. The first-order chi connectivity index (χ1) is 7.30. The molecule has 1 rings (SSSR count). The van der Waals surface area contributed by atoms with Crippen LogP contribution in [0.25, 0.3) is 5.57 Å². The first-order valence-electron chi connectivity index (χ1n) is 4.08. The highest BCUT2D eigenvalue weighted by Crippen LogP contribution is 2.34. The maximum atomic E-state index is 12.5. The van der Waals surface area contributed by atoms with E-state index in [1.165, 1.54) is 12.1 Å². The molecule has 0 aliphatic carbocycles. The summed E-state index contributed by atoms with van der Waals surface area (Å²) in [5.41, 5.74) is -1.51. The van der Waals surface area contributed by atoms with Gasteiger partial charge in [0.15, 0.2) is 0 Å². The van der Waals surface area contributed by atoms with E-state index in [0.717, 1.165) is 12.1 Å². The summed E-state index contributed by atoms with van der Waals surface area (Å²) < 4.78 is 37.6. The van der Waals surface area contributed by atoms with E-state index in [1.807, 2.05) is 0 Å². The topological polar surface area (TPSA) is 37.3 Å². The molecule has 0 fully saturated rings. The summed E-state index contributed by atoms with van der Waals surface area (Å²) in [6, 6.07) is 4.93. The standard InChI is InChI=1S/C10H6ClF3O2/c11-7-3-1-2-6(4-7)8(5-9(15)16)10(12,13)14/h1-5H,(H,15,16)/b8-5-. The Labute approximate surface area is 94.0 Å². The lowest BCUT2D eigenvalue weighted by Crippen LogP contribution is -2.12. The van der Waals surface area contributed by atoms with Crippen molar-refractivity contribution in [2.45, 2.75) is 6.18 Å². The molecule has 1 N–H and O–H groups in total. The molecule has 1 aromatic rings. The molecule has 1 aromatic carbocycles. The van der Waals surface area contributed by atoms with Crippen LogP contribution in [0.3, 0.4) is 0 Å². The first kappa shape index (κ1) is 12.6. The third kappa shape index (κ3) is 3.27. The predicted octanol–water partition coefficient (Wildman–Crippen LogP) is 3.37. The number of alkyl halides is 3. The quantitative estimate of drug-likeness (QED) is 0.817. The van der Waals surface area contributed by atoms with Crippen LogP contribution >= 0.6 is 11.6 Å². The normalized spacial score (nSPS) is 12.6. The fourth-order valence-corrected chi connectivity index (χ4v) is 1.30. The summed E-state index contributed by atoms with van der Waals surface area (Å²) in [5, 5.41) is 8.48. The molecule has 0 unspecified atom stereocenters. The largest absolute Gasteiger partial charge is 0.478 e. The Bertz CT molecular complexity index is 438. The zero-order valence-corrected chi connectivity index (χ0v) is 8.51. The van der Waals surface area contributed by atoms with Crippen molar-refractivity contribution < 1.29 is 23.1 Å². The van der Waals surface area contributed by atoms with Crippen LogP contribution in [0.5, 0.6) is 0 Å². The zero-order chi connectivity index (χ0) is 12.3. The molecule has 0 saturated heterocycles. The highest BCUT2D eigenvalue weighted by atomic mass is 35.5. The van der Waals surface area contributed by atoms with Gasteiger partial charge < -0.3 is 5.11 Å². The van der Waals surface area contributed by atoms with Gasteiger partial charge in [-0.1, -0.05) is 23.7 Å². The molecule has 0 spiro atoms. The Morgan fingerprint density at radius 2 is 2.00 bits per heavy atom. The number of hydrogen-bond acceptors (Lipinski definition) is 1. The molecule has 0 atom stereocenters. The second-order valence-corrected chi connectivity index (χ2v) is 3.34. The predicted molar refractivity (Wildman–Crippen MR) is 53.1 cm³/mol. The average molecular weight is 251 g/mol. The third-order valence-electron chi connectivity index (χ3n) is 1.71. The fourth-order valence-electron chi connectivity index (χ4n) is 1.11. The van der Waals surface area contributed by atoms with E-state index in [9.17, 15) is 18.0 Å². The monoisotopic (exact) mass is 250 g/mol. The minimum Gasteiger partial charge on any atom is -0.478 e. The van der Waals surface area contributed by atoms with Gasteiger partial charge in [-0.3, -0.25) is 0 Å². The summed E-state index contributed by atoms with van der Waals surface area (Å²) in [6.45, 7) is 0. The molecule has 0 saturated carbocycles. The SMILES string of the molecule is O=C(O)/C=C(/c1cccc(Cl)c1)C(F)(F)F. The highest BCUT2D eigenvalue weighted by molar-refractivity contribution is 6.30. The van der Waals surface area contributed by atoms with E-state index >= 15 is 0 Å². The molecule has 0 aliphatic rings. The van der Waals surface area contributed by atoms with E-state index in [1.54, 1.807) is 0 Å². The molecule has 0 radical (unpaired) electrons. The molecule has 0 aromatic heterocycles. The Kier molecular flexibility index (Phi) is 3.59. The van der Waals surface area contributed by atoms with E-state index < -0.39 is 17.7 Å². The molecule has 86 valence electrons. The second kappa shape index (κ2) is 4.57. The molecular weight excluding hydrogens is 245 g/mol. The first-order valence-corrected chi connectivity index (χ1v) is 4.46. The molecule has 2 nitrogen and oxygen atoms in total. The molecule has 0 bridgehead atoms. The molecule has 0 aliphatic heterocycles. The van der Waals surface area contributed by atoms with E-state index in [4.69, 9.17) is 16.7 Å². The molecule has 0 heterocycles. The van der Waals surface area contributed by atoms with Gasteiger partial charge in [0.2, 0.25) is 0 Å². The van der Waals surface area contributed by atoms with Gasteiger partial charge in [-0.25, -0.2) is 4.79 Å². The summed E-state index contributed by atoms with van der Waals surface area (Å²) in [4.78, 5) is 10.3. The average Bonchev–Trinajstić information content (AvgIpc) is 2.12.